The molecule has 3 heterocycles. The van der Waals surface area contributed by atoms with Crippen molar-refractivity contribution in [3.8, 4) is 45.5 Å². The lowest BCUT2D eigenvalue weighted by atomic mass is 9.98. The maximum atomic E-state index is 12.5. The SMILES string of the molecule is CCOC(=O)[C@@H](NCc1c(OC)cc(-n2ncc3c(-c4cccc(-c5ccc(CNC[C@@H]6CCC(=O)N6)c(OC)n5)c4Cl)cccc32)cc1OC)[C@@H](C)O. The van der Waals surface area contributed by atoms with E-state index in [1.807, 2.05) is 60.7 Å². The molecule has 3 atom stereocenters. The molecule has 0 spiro atoms. The molecule has 1 amide bonds. The molecule has 0 saturated carbocycles. The van der Waals surface area contributed by atoms with Gasteiger partial charge in [-0.25, -0.2) is 9.67 Å². The number of carbonyl (C=O) groups excluding carboxylic acids is 2. The molecule has 1 fully saturated rings. The molecule has 1 aliphatic rings. The van der Waals surface area contributed by atoms with Crippen molar-refractivity contribution in [1.29, 1.82) is 0 Å². The van der Waals surface area contributed by atoms with E-state index < -0.39 is 18.1 Å². The number of esters is 1. The van der Waals surface area contributed by atoms with Gasteiger partial charge in [0.25, 0.3) is 0 Å². The van der Waals surface area contributed by atoms with Crippen LogP contribution >= 0.6 is 11.6 Å². The number of aromatic nitrogens is 3. The van der Waals surface area contributed by atoms with Gasteiger partial charge in [-0.05, 0) is 38.0 Å². The summed E-state index contributed by atoms with van der Waals surface area (Å²) in [6.07, 6.45) is 2.21. The number of aliphatic hydroxyl groups is 1. The van der Waals surface area contributed by atoms with Gasteiger partial charge in [-0.1, -0.05) is 48.0 Å². The Hall–Kier alpha value is -5.21. The van der Waals surface area contributed by atoms with Crippen molar-refractivity contribution in [3.63, 3.8) is 0 Å². The number of nitrogens with one attached hydrogen (secondary N) is 3. The summed E-state index contributed by atoms with van der Waals surface area (Å²) in [5, 5.41) is 25.9. The Balaban J connectivity index is 1.28. The fraction of sp³-hybridized carbons (Fsp3) is 0.350. The number of halogens is 1. The number of fused-ring (bicyclic) bond motifs is 1. The third-order valence-electron chi connectivity index (χ3n) is 9.46. The lowest BCUT2D eigenvalue weighted by Gasteiger charge is -2.22. The molecule has 0 aliphatic carbocycles. The number of carbonyl (C=O) groups is 2. The number of benzene rings is 3. The second-order valence-electron chi connectivity index (χ2n) is 12.9. The van der Waals surface area contributed by atoms with E-state index in [1.54, 1.807) is 39.1 Å². The van der Waals surface area contributed by atoms with Gasteiger partial charge < -0.3 is 34.7 Å². The average Bonchev–Trinajstić information content (AvgIpc) is 3.81. The molecular formula is C40H45ClN6O7. The molecule has 0 radical (unpaired) electrons. The highest BCUT2D eigenvalue weighted by molar-refractivity contribution is 6.36. The fourth-order valence-electron chi connectivity index (χ4n) is 6.73. The summed E-state index contributed by atoms with van der Waals surface area (Å²) in [7, 11) is 4.71. The van der Waals surface area contributed by atoms with E-state index in [4.69, 9.17) is 40.6 Å². The highest BCUT2D eigenvalue weighted by atomic mass is 35.5. The minimum atomic E-state index is -0.981. The van der Waals surface area contributed by atoms with Gasteiger partial charge in [-0.3, -0.25) is 14.9 Å². The van der Waals surface area contributed by atoms with Gasteiger partial charge in [-0.2, -0.15) is 5.10 Å². The number of rotatable bonds is 16. The molecule has 1 saturated heterocycles. The molecule has 5 aromatic rings. The zero-order chi connectivity index (χ0) is 38.4. The van der Waals surface area contributed by atoms with E-state index in [1.165, 1.54) is 6.92 Å². The van der Waals surface area contributed by atoms with Crippen molar-refractivity contribution in [3.05, 3.63) is 83.0 Å². The van der Waals surface area contributed by atoms with Gasteiger partial charge in [0.1, 0.15) is 17.5 Å². The summed E-state index contributed by atoms with van der Waals surface area (Å²) in [6.45, 7) is 4.82. The molecule has 54 heavy (non-hydrogen) atoms. The zero-order valence-corrected chi connectivity index (χ0v) is 31.7. The molecule has 2 aromatic heterocycles. The van der Waals surface area contributed by atoms with Gasteiger partial charge in [0.05, 0.1) is 67.7 Å². The quantitative estimate of drug-likeness (QED) is 0.0981. The second-order valence-corrected chi connectivity index (χ2v) is 13.3. The first-order chi connectivity index (χ1) is 26.2. The molecule has 13 nitrogen and oxygen atoms in total. The van der Waals surface area contributed by atoms with Crippen LogP contribution in [0.3, 0.4) is 0 Å². The summed E-state index contributed by atoms with van der Waals surface area (Å²) < 4.78 is 24.2. The fourth-order valence-corrected chi connectivity index (χ4v) is 7.06. The monoisotopic (exact) mass is 756 g/mol. The van der Waals surface area contributed by atoms with Crippen LogP contribution < -0.4 is 30.2 Å². The van der Waals surface area contributed by atoms with Gasteiger partial charge in [-0.15, -0.1) is 0 Å². The van der Waals surface area contributed by atoms with Crippen LogP contribution in [0.25, 0.3) is 39.0 Å². The Morgan fingerprint density at radius 2 is 1.74 bits per heavy atom. The van der Waals surface area contributed by atoms with Crippen LogP contribution in [0.15, 0.2) is 66.9 Å². The number of ether oxygens (including phenoxy) is 4. The van der Waals surface area contributed by atoms with Crippen molar-refractivity contribution in [2.24, 2.45) is 0 Å². The molecule has 4 N–H and O–H groups in total. The van der Waals surface area contributed by atoms with Crippen molar-refractivity contribution >= 4 is 34.4 Å². The lowest BCUT2D eigenvalue weighted by Crippen LogP contribution is -2.45. The number of hydrogen-bond acceptors (Lipinski definition) is 11. The number of aliphatic hydroxyl groups excluding tert-OH is 1. The van der Waals surface area contributed by atoms with Crippen molar-refractivity contribution < 1.29 is 33.6 Å². The Morgan fingerprint density at radius 3 is 2.41 bits per heavy atom. The normalized spacial score (nSPS) is 15.2. The van der Waals surface area contributed by atoms with Crippen molar-refractivity contribution in [1.82, 2.24) is 30.7 Å². The number of hydrogen-bond donors (Lipinski definition) is 4. The molecular weight excluding hydrogens is 712 g/mol. The maximum absolute atomic E-state index is 12.5. The highest BCUT2D eigenvalue weighted by Gasteiger charge is 2.26. The Kier molecular flexibility index (Phi) is 12.3. The van der Waals surface area contributed by atoms with Crippen LogP contribution in [-0.4, -0.2) is 84.4 Å². The summed E-state index contributed by atoms with van der Waals surface area (Å²) in [5.41, 5.74) is 6.20. The molecule has 6 rings (SSSR count). The minimum Gasteiger partial charge on any atom is -0.496 e. The number of amides is 1. The number of methoxy groups -OCH3 is 3. The average molecular weight is 757 g/mol. The largest absolute Gasteiger partial charge is 0.496 e. The van der Waals surface area contributed by atoms with Crippen molar-refractivity contribution in [2.75, 3.05) is 34.5 Å². The first kappa shape index (κ1) is 38.5. The Bertz CT molecular complexity index is 2110. The predicted octanol–water partition coefficient (Wildman–Crippen LogP) is 5.20. The van der Waals surface area contributed by atoms with E-state index in [2.05, 4.69) is 16.0 Å². The number of nitrogens with zero attached hydrogens (tertiary/aromatic N) is 3. The van der Waals surface area contributed by atoms with Crippen LogP contribution in [0.2, 0.25) is 5.02 Å². The van der Waals surface area contributed by atoms with Crippen molar-refractivity contribution in [2.45, 2.75) is 58.0 Å². The Labute approximate surface area is 318 Å². The van der Waals surface area contributed by atoms with E-state index in [9.17, 15) is 14.7 Å². The maximum Gasteiger partial charge on any atom is 0.325 e. The van der Waals surface area contributed by atoms with Gasteiger partial charge in [0, 0.05) is 66.3 Å². The van der Waals surface area contributed by atoms with Gasteiger partial charge >= 0.3 is 5.97 Å². The first-order valence-electron chi connectivity index (χ1n) is 17.8. The molecule has 1 aliphatic heterocycles. The second kappa shape index (κ2) is 17.3. The van der Waals surface area contributed by atoms with Gasteiger partial charge in [0.15, 0.2) is 0 Å². The molecule has 14 heteroatoms. The third kappa shape index (κ3) is 8.14. The summed E-state index contributed by atoms with van der Waals surface area (Å²) in [4.78, 5) is 28.8. The van der Waals surface area contributed by atoms with Crippen LogP contribution in [0.1, 0.15) is 37.8 Å². The molecule has 3 aromatic carbocycles. The third-order valence-corrected chi connectivity index (χ3v) is 9.87. The Morgan fingerprint density at radius 1 is 1.02 bits per heavy atom. The van der Waals surface area contributed by atoms with E-state index in [-0.39, 0.29) is 25.1 Å². The van der Waals surface area contributed by atoms with Gasteiger partial charge in [0.2, 0.25) is 11.8 Å². The predicted molar refractivity (Wildman–Crippen MR) is 206 cm³/mol. The van der Waals surface area contributed by atoms with E-state index in [0.29, 0.717) is 58.9 Å². The standard InChI is InChI=1S/C40H45ClN6O7/c1-6-54-40(50)38(23(2)48)43-21-31-34(51-3)17-26(18-35(31)52-4)47-33-12-8-9-27(30(33)22-44-47)28-10-7-11-29(37(28)41)32-15-13-24(39(46-32)53-5)19-42-20-25-14-16-36(49)45-25/h7-13,15,17-18,22-23,25,38,42-43,48H,6,14,16,19-21H2,1-5H3,(H,45,49)/t23-,25+,38+/m1/s1. The van der Waals surface area contributed by atoms with E-state index >= 15 is 0 Å². The molecule has 0 bridgehead atoms. The highest BCUT2D eigenvalue weighted by Crippen LogP contribution is 2.40. The first-order valence-corrected chi connectivity index (χ1v) is 18.2. The van der Waals surface area contributed by atoms with E-state index in [0.717, 1.165) is 39.6 Å². The summed E-state index contributed by atoms with van der Waals surface area (Å²) in [5.74, 6) is 1.06. The molecule has 0 unspecified atom stereocenters. The van der Waals surface area contributed by atoms with Crippen LogP contribution in [0, 0.1) is 0 Å². The zero-order valence-electron chi connectivity index (χ0n) is 30.9. The summed E-state index contributed by atoms with van der Waals surface area (Å²) in [6, 6.07) is 18.6. The topological polar surface area (TPSA) is 158 Å². The van der Waals surface area contributed by atoms with Crippen LogP contribution in [-0.2, 0) is 27.4 Å². The van der Waals surface area contributed by atoms with Crippen LogP contribution in [0.5, 0.6) is 17.4 Å². The molecule has 284 valence electrons. The minimum absolute atomic E-state index is 0.0914. The summed E-state index contributed by atoms with van der Waals surface area (Å²) >= 11 is 7.17. The number of pyridine rings is 1. The van der Waals surface area contributed by atoms with Crippen LogP contribution in [0.4, 0.5) is 0 Å². The lowest BCUT2D eigenvalue weighted by molar-refractivity contribution is -0.148. The smallest absolute Gasteiger partial charge is 0.325 e.